The number of halogens is 2. The monoisotopic (exact) mass is 459 g/mol. The van der Waals surface area contributed by atoms with E-state index in [9.17, 15) is 14.6 Å². The number of piperidine rings is 1. The summed E-state index contributed by atoms with van der Waals surface area (Å²) in [6, 6.07) is 11.1. The van der Waals surface area contributed by atoms with E-state index in [1.165, 1.54) is 11.1 Å². The van der Waals surface area contributed by atoms with Crippen molar-refractivity contribution in [2.75, 3.05) is 19.6 Å². The molecule has 0 bridgehead atoms. The molecule has 0 amide bonds. The van der Waals surface area contributed by atoms with Crippen molar-refractivity contribution in [2.45, 2.75) is 54.1 Å². The lowest BCUT2D eigenvalue weighted by Gasteiger charge is -2.37. The van der Waals surface area contributed by atoms with E-state index < -0.39 is 12.2 Å². The second kappa shape index (κ2) is 8.87. The summed E-state index contributed by atoms with van der Waals surface area (Å²) in [7, 11) is 0. The molecule has 1 saturated carbocycles. The van der Waals surface area contributed by atoms with Gasteiger partial charge in [0.15, 0.2) is 0 Å². The highest BCUT2D eigenvalue weighted by atomic mass is 35.5. The van der Waals surface area contributed by atoms with Crippen LogP contribution in [0.2, 0.25) is 5.02 Å². The summed E-state index contributed by atoms with van der Waals surface area (Å²) in [6.45, 7) is 2.94. The molecule has 0 radical (unpaired) electrons. The zero-order valence-electron chi connectivity index (χ0n) is 17.4. The molecule has 5 rings (SSSR count). The number of aliphatic hydroxyl groups is 2. The number of hydrogen-bond acceptors (Lipinski definition) is 4. The van der Waals surface area contributed by atoms with E-state index in [4.69, 9.17) is 11.6 Å². The van der Waals surface area contributed by atoms with Crippen LogP contribution in [-0.4, -0.2) is 47.0 Å². The van der Waals surface area contributed by atoms with Crippen LogP contribution < -0.4 is 0 Å². The van der Waals surface area contributed by atoms with Gasteiger partial charge in [-0.1, -0.05) is 35.0 Å². The third kappa shape index (κ3) is 4.44. The van der Waals surface area contributed by atoms with Crippen LogP contribution in [0, 0.1) is 11.7 Å². The van der Waals surface area contributed by atoms with Gasteiger partial charge in [-0.2, -0.15) is 0 Å². The number of hydrogen-bond donors (Lipinski definition) is 2. The second-order valence-electron chi connectivity index (χ2n) is 8.98. The fourth-order valence-electron chi connectivity index (χ4n) is 5.22. The molecule has 0 unspecified atom stereocenters. The summed E-state index contributed by atoms with van der Waals surface area (Å²) in [5, 5.41) is 20.5. The van der Waals surface area contributed by atoms with E-state index in [-0.39, 0.29) is 5.82 Å². The zero-order valence-corrected chi connectivity index (χ0v) is 18.9. The van der Waals surface area contributed by atoms with Gasteiger partial charge in [-0.05, 0) is 85.1 Å². The number of rotatable bonds is 2. The second-order valence-corrected chi connectivity index (χ2v) is 10.5. The van der Waals surface area contributed by atoms with Crippen molar-refractivity contribution in [3.8, 4) is 0 Å². The summed E-state index contributed by atoms with van der Waals surface area (Å²) in [6.07, 6.45) is 3.16. The normalized spacial score (nSPS) is 26.5. The molecule has 1 aliphatic carbocycles. The number of likely N-dealkylation sites (tertiary alicyclic amines) is 1. The first-order chi connectivity index (χ1) is 15.0. The maximum Gasteiger partial charge on any atom is 0.124 e. The predicted octanol–water partition coefficient (Wildman–Crippen LogP) is 5.36. The lowest BCUT2D eigenvalue weighted by atomic mass is 9.84. The minimum absolute atomic E-state index is 0.206. The van der Waals surface area contributed by atoms with Gasteiger partial charge in [0.1, 0.15) is 5.82 Å². The average molecular weight is 460 g/mol. The molecular weight excluding hydrogens is 433 g/mol. The van der Waals surface area contributed by atoms with Crippen LogP contribution in [-0.2, 0) is 0 Å². The summed E-state index contributed by atoms with van der Waals surface area (Å²) in [5.41, 5.74) is 4.90. The lowest BCUT2D eigenvalue weighted by molar-refractivity contribution is -0.0304. The van der Waals surface area contributed by atoms with Crippen LogP contribution in [0.15, 0.2) is 51.8 Å². The van der Waals surface area contributed by atoms with Crippen molar-refractivity contribution in [2.24, 2.45) is 5.92 Å². The fraction of sp³-hybridized carbons (Fsp3) is 0.440. The molecule has 2 aromatic rings. The van der Waals surface area contributed by atoms with Crippen molar-refractivity contribution in [1.82, 2.24) is 4.90 Å². The molecule has 0 spiro atoms. The quantitative estimate of drug-likeness (QED) is 0.541. The Bertz CT molecular complexity index is 1020. The molecule has 3 aliphatic rings. The van der Waals surface area contributed by atoms with Gasteiger partial charge in [0.25, 0.3) is 0 Å². The minimum atomic E-state index is -0.584. The summed E-state index contributed by atoms with van der Waals surface area (Å²) in [5.74, 6) is 0.240. The maximum absolute atomic E-state index is 13.9. The zero-order chi connectivity index (χ0) is 21.5. The summed E-state index contributed by atoms with van der Waals surface area (Å²) >= 11 is 7.96. The molecule has 2 heterocycles. The Hall–Kier alpha value is -1.37. The van der Waals surface area contributed by atoms with E-state index in [0.29, 0.717) is 18.8 Å². The minimum Gasteiger partial charge on any atom is -0.390 e. The smallest absolute Gasteiger partial charge is 0.124 e. The van der Waals surface area contributed by atoms with Crippen molar-refractivity contribution < 1.29 is 14.6 Å². The number of fused-ring (bicyclic) bond motifs is 2. The fourth-order valence-corrected chi connectivity index (χ4v) is 6.49. The van der Waals surface area contributed by atoms with E-state index in [1.807, 2.05) is 24.3 Å². The molecule has 3 atom stereocenters. The molecule has 6 heteroatoms. The van der Waals surface area contributed by atoms with Crippen LogP contribution >= 0.6 is 23.4 Å². The van der Waals surface area contributed by atoms with E-state index in [2.05, 4.69) is 4.90 Å². The van der Waals surface area contributed by atoms with Gasteiger partial charge in [-0.3, -0.25) is 0 Å². The molecule has 1 saturated heterocycles. The van der Waals surface area contributed by atoms with Crippen molar-refractivity contribution in [1.29, 1.82) is 0 Å². The van der Waals surface area contributed by atoms with Crippen molar-refractivity contribution in [3.05, 3.63) is 63.9 Å². The van der Waals surface area contributed by atoms with Crippen LogP contribution in [0.4, 0.5) is 4.39 Å². The highest BCUT2D eigenvalue weighted by molar-refractivity contribution is 7.99. The number of nitrogens with zero attached hydrogens (tertiary/aromatic N) is 1. The number of aliphatic hydroxyl groups excluding tert-OH is 2. The summed E-state index contributed by atoms with van der Waals surface area (Å²) in [4.78, 5) is 4.58. The lowest BCUT2D eigenvalue weighted by Crippen LogP contribution is -2.40. The Labute approximate surface area is 191 Å². The Kier molecular flexibility index (Phi) is 6.15. The molecule has 2 aliphatic heterocycles. The third-order valence-electron chi connectivity index (χ3n) is 6.86. The molecule has 31 heavy (non-hydrogen) atoms. The molecule has 164 valence electrons. The van der Waals surface area contributed by atoms with Crippen LogP contribution in [0.3, 0.4) is 0 Å². The molecular formula is C25H27ClFNO2S. The Balaban J connectivity index is 1.39. The van der Waals surface area contributed by atoms with Crippen molar-refractivity contribution in [3.63, 3.8) is 0 Å². The molecule has 2 fully saturated rings. The highest BCUT2D eigenvalue weighted by Crippen LogP contribution is 2.48. The largest absolute Gasteiger partial charge is 0.390 e. The van der Waals surface area contributed by atoms with Gasteiger partial charge in [0.05, 0.1) is 12.2 Å². The van der Waals surface area contributed by atoms with Crippen LogP contribution in [0.5, 0.6) is 0 Å². The predicted molar refractivity (Wildman–Crippen MR) is 123 cm³/mol. The number of benzene rings is 2. The van der Waals surface area contributed by atoms with Gasteiger partial charge in [-0.15, -0.1) is 0 Å². The van der Waals surface area contributed by atoms with E-state index in [1.54, 1.807) is 23.9 Å². The van der Waals surface area contributed by atoms with E-state index in [0.717, 1.165) is 64.8 Å². The molecule has 2 aromatic carbocycles. The highest BCUT2D eigenvalue weighted by Gasteiger charge is 2.30. The third-order valence-corrected chi connectivity index (χ3v) is 8.23. The SMILES string of the molecule is O[C@H]1CC[C@@H](CN2CCC(=C3c4ccc(F)cc4Sc4ccc(Cl)cc43)CC2)C[C@@H]1O. The molecule has 3 nitrogen and oxygen atoms in total. The van der Waals surface area contributed by atoms with Crippen LogP contribution in [0.1, 0.15) is 43.2 Å². The average Bonchev–Trinajstić information content (AvgIpc) is 2.75. The van der Waals surface area contributed by atoms with E-state index >= 15 is 0 Å². The first kappa shape index (κ1) is 21.5. The summed E-state index contributed by atoms with van der Waals surface area (Å²) < 4.78 is 13.9. The Morgan fingerprint density at radius 1 is 0.968 bits per heavy atom. The Morgan fingerprint density at radius 3 is 2.55 bits per heavy atom. The topological polar surface area (TPSA) is 43.7 Å². The van der Waals surface area contributed by atoms with Gasteiger partial charge in [-0.25, -0.2) is 4.39 Å². The van der Waals surface area contributed by atoms with Gasteiger partial charge in [0.2, 0.25) is 0 Å². The van der Waals surface area contributed by atoms with Crippen molar-refractivity contribution >= 4 is 28.9 Å². The standard InChI is InChI=1S/C25H27ClFNO2S/c26-17-2-6-23-20(12-17)25(19-4-3-18(27)13-24(19)31-23)16-7-9-28(10-8-16)14-15-1-5-21(29)22(30)11-15/h2-4,6,12-13,15,21-22,29-30H,1,5,7-11,14H2/t15-,21+,22+/m1/s1. The first-order valence-electron chi connectivity index (χ1n) is 11.1. The maximum atomic E-state index is 13.9. The molecule has 2 N–H and O–H groups in total. The van der Waals surface area contributed by atoms with Gasteiger partial charge in [0, 0.05) is 34.4 Å². The van der Waals surface area contributed by atoms with Crippen LogP contribution in [0.25, 0.3) is 5.57 Å². The Morgan fingerprint density at radius 2 is 1.77 bits per heavy atom. The first-order valence-corrected chi connectivity index (χ1v) is 12.3. The molecule has 0 aromatic heterocycles. The van der Waals surface area contributed by atoms with Gasteiger partial charge < -0.3 is 15.1 Å². The van der Waals surface area contributed by atoms with Gasteiger partial charge >= 0.3 is 0 Å².